The SMILES string of the molecule is O=C1c2ccccc2C(=O)C1CCSc1cccc(OCC2CCCCC2)c1. The number of ether oxygens (including phenoxy) is 1. The van der Waals surface area contributed by atoms with Gasteiger partial charge in [0.2, 0.25) is 0 Å². The standard InChI is InChI=1S/C24H26O3S/c25-23-20-11-4-5-12-21(20)24(26)22(23)13-14-28-19-10-6-9-18(15-19)27-16-17-7-2-1-3-8-17/h4-6,9-12,15,17,22H,1-3,7-8,13-14,16H2. The molecule has 0 N–H and O–H groups in total. The molecule has 2 aromatic rings. The van der Waals surface area contributed by atoms with Crippen molar-refractivity contribution in [1.29, 1.82) is 0 Å². The molecule has 146 valence electrons. The predicted octanol–water partition coefficient (Wildman–Crippen LogP) is 5.82. The summed E-state index contributed by atoms with van der Waals surface area (Å²) in [5.41, 5.74) is 1.17. The highest BCUT2D eigenvalue weighted by Gasteiger charge is 2.37. The Balaban J connectivity index is 1.28. The molecule has 0 heterocycles. The van der Waals surface area contributed by atoms with Crippen molar-refractivity contribution >= 4 is 23.3 Å². The van der Waals surface area contributed by atoms with Gasteiger partial charge in [-0.3, -0.25) is 9.59 Å². The van der Waals surface area contributed by atoms with Crippen LogP contribution in [0.4, 0.5) is 0 Å². The Morgan fingerprint density at radius 2 is 1.61 bits per heavy atom. The molecule has 0 amide bonds. The monoisotopic (exact) mass is 394 g/mol. The zero-order valence-corrected chi connectivity index (χ0v) is 16.9. The van der Waals surface area contributed by atoms with Crippen LogP contribution in [0.25, 0.3) is 0 Å². The van der Waals surface area contributed by atoms with E-state index in [1.165, 1.54) is 32.1 Å². The second-order valence-corrected chi connectivity index (χ2v) is 8.92. The van der Waals surface area contributed by atoms with Crippen molar-refractivity contribution in [1.82, 2.24) is 0 Å². The Bertz CT molecular complexity index is 819. The lowest BCUT2D eigenvalue weighted by Gasteiger charge is -2.21. The summed E-state index contributed by atoms with van der Waals surface area (Å²) in [7, 11) is 0. The number of rotatable bonds is 7. The molecule has 2 aliphatic carbocycles. The molecule has 4 rings (SSSR count). The van der Waals surface area contributed by atoms with Gasteiger partial charge in [-0.1, -0.05) is 49.6 Å². The molecule has 1 saturated carbocycles. The van der Waals surface area contributed by atoms with E-state index in [1.807, 2.05) is 24.3 Å². The third-order valence-corrected chi connectivity index (χ3v) is 6.81. The molecule has 0 unspecified atom stereocenters. The van der Waals surface area contributed by atoms with Gasteiger partial charge in [0.15, 0.2) is 11.6 Å². The molecule has 0 aliphatic heterocycles. The summed E-state index contributed by atoms with van der Waals surface area (Å²) >= 11 is 1.68. The van der Waals surface area contributed by atoms with Gasteiger partial charge in [0, 0.05) is 16.0 Å². The summed E-state index contributed by atoms with van der Waals surface area (Å²) in [6, 6.07) is 15.3. The smallest absolute Gasteiger partial charge is 0.174 e. The van der Waals surface area contributed by atoms with Crippen LogP contribution in [0.3, 0.4) is 0 Å². The van der Waals surface area contributed by atoms with Gasteiger partial charge in [0.25, 0.3) is 0 Å². The molecule has 0 spiro atoms. The summed E-state index contributed by atoms with van der Waals surface area (Å²) in [5, 5.41) is 0. The highest BCUT2D eigenvalue weighted by molar-refractivity contribution is 7.99. The lowest BCUT2D eigenvalue weighted by Crippen LogP contribution is -2.16. The minimum atomic E-state index is -0.518. The summed E-state index contributed by atoms with van der Waals surface area (Å²) in [4.78, 5) is 26.1. The molecule has 0 atom stereocenters. The average Bonchev–Trinajstić information content (AvgIpc) is 2.98. The first-order valence-electron chi connectivity index (χ1n) is 10.3. The fourth-order valence-corrected chi connectivity index (χ4v) is 5.15. The maximum absolute atomic E-state index is 12.5. The Hall–Kier alpha value is -2.07. The molecule has 28 heavy (non-hydrogen) atoms. The number of Topliss-reactive ketones (excluding diaryl/α,β-unsaturated/α-hetero) is 2. The quantitative estimate of drug-likeness (QED) is 0.438. The predicted molar refractivity (Wildman–Crippen MR) is 112 cm³/mol. The Labute approximate surface area is 170 Å². The molecule has 2 aromatic carbocycles. The topological polar surface area (TPSA) is 43.4 Å². The van der Waals surface area contributed by atoms with E-state index in [2.05, 4.69) is 12.1 Å². The second-order valence-electron chi connectivity index (χ2n) is 7.75. The van der Waals surface area contributed by atoms with Crippen molar-refractivity contribution in [3.05, 3.63) is 59.7 Å². The van der Waals surface area contributed by atoms with Crippen molar-refractivity contribution in [2.75, 3.05) is 12.4 Å². The van der Waals surface area contributed by atoms with Crippen LogP contribution >= 0.6 is 11.8 Å². The molecule has 0 radical (unpaired) electrons. The fourth-order valence-electron chi connectivity index (χ4n) is 4.19. The van der Waals surface area contributed by atoms with Crippen LogP contribution in [0.5, 0.6) is 5.75 Å². The summed E-state index contributed by atoms with van der Waals surface area (Å²) < 4.78 is 6.02. The van der Waals surface area contributed by atoms with Gasteiger partial charge >= 0.3 is 0 Å². The molecule has 1 fully saturated rings. The summed E-state index contributed by atoms with van der Waals surface area (Å²) in [6.45, 7) is 0.803. The van der Waals surface area contributed by atoms with Crippen LogP contribution in [0.15, 0.2) is 53.4 Å². The van der Waals surface area contributed by atoms with E-state index in [1.54, 1.807) is 23.9 Å². The normalized spacial score (nSPS) is 17.7. The zero-order valence-electron chi connectivity index (χ0n) is 16.1. The second kappa shape index (κ2) is 8.95. The van der Waals surface area contributed by atoms with E-state index in [0.717, 1.165) is 23.0 Å². The molecule has 4 heteroatoms. The van der Waals surface area contributed by atoms with Gasteiger partial charge in [-0.2, -0.15) is 0 Å². The molecular formula is C24H26O3S. The Morgan fingerprint density at radius 3 is 2.32 bits per heavy atom. The maximum Gasteiger partial charge on any atom is 0.174 e. The number of thioether (sulfide) groups is 1. The Kier molecular flexibility index (Phi) is 6.16. The highest BCUT2D eigenvalue weighted by atomic mass is 32.2. The van der Waals surface area contributed by atoms with Crippen molar-refractivity contribution < 1.29 is 14.3 Å². The third-order valence-electron chi connectivity index (χ3n) is 5.78. The van der Waals surface area contributed by atoms with Gasteiger partial charge in [0.1, 0.15) is 5.75 Å². The number of benzene rings is 2. The van der Waals surface area contributed by atoms with Crippen LogP contribution in [0.2, 0.25) is 0 Å². The zero-order chi connectivity index (χ0) is 19.3. The minimum Gasteiger partial charge on any atom is -0.493 e. The number of fused-ring (bicyclic) bond motifs is 1. The van der Waals surface area contributed by atoms with Gasteiger partial charge in [-0.25, -0.2) is 0 Å². The first-order valence-corrected chi connectivity index (χ1v) is 11.2. The first kappa shape index (κ1) is 19.3. The molecule has 0 aromatic heterocycles. The van der Waals surface area contributed by atoms with E-state index in [-0.39, 0.29) is 11.6 Å². The number of carbonyl (C=O) groups is 2. The fraction of sp³-hybridized carbons (Fsp3) is 0.417. The van der Waals surface area contributed by atoms with Crippen LogP contribution in [-0.2, 0) is 0 Å². The summed E-state index contributed by atoms with van der Waals surface area (Å²) in [6.07, 6.45) is 7.14. The van der Waals surface area contributed by atoms with E-state index in [0.29, 0.717) is 23.5 Å². The first-order chi connectivity index (χ1) is 13.7. The number of carbonyl (C=O) groups excluding carboxylic acids is 2. The third kappa shape index (κ3) is 4.33. The number of hydrogen-bond acceptors (Lipinski definition) is 4. The van der Waals surface area contributed by atoms with Crippen LogP contribution in [0.1, 0.15) is 59.2 Å². The van der Waals surface area contributed by atoms with Gasteiger partial charge < -0.3 is 4.74 Å². The lowest BCUT2D eigenvalue weighted by molar-refractivity contribution is 0.0836. The minimum absolute atomic E-state index is 0.0224. The Morgan fingerprint density at radius 1 is 0.893 bits per heavy atom. The number of hydrogen-bond donors (Lipinski definition) is 0. The van der Waals surface area contributed by atoms with E-state index in [9.17, 15) is 9.59 Å². The van der Waals surface area contributed by atoms with E-state index < -0.39 is 5.92 Å². The van der Waals surface area contributed by atoms with Crippen molar-refractivity contribution in [2.24, 2.45) is 11.8 Å². The van der Waals surface area contributed by atoms with Crippen LogP contribution in [0, 0.1) is 11.8 Å². The number of ketones is 2. The van der Waals surface area contributed by atoms with Gasteiger partial charge in [-0.15, -0.1) is 11.8 Å². The lowest BCUT2D eigenvalue weighted by atomic mass is 9.90. The molecule has 2 aliphatic rings. The van der Waals surface area contributed by atoms with Crippen molar-refractivity contribution in [2.45, 2.75) is 43.4 Å². The van der Waals surface area contributed by atoms with Gasteiger partial charge in [-0.05, 0) is 49.1 Å². The van der Waals surface area contributed by atoms with E-state index in [4.69, 9.17) is 4.74 Å². The molecule has 0 saturated heterocycles. The highest BCUT2D eigenvalue weighted by Crippen LogP contribution is 2.32. The maximum atomic E-state index is 12.5. The largest absolute Gasteiger partial charge is 0.493 e. The van der Waals surface area contributed by atoms with E-state index >= 15 is 0 Å². The average molecular weight is 395 g/mol. The van der Waals surface area contributed by atoms with Crippen molar-refractivity contribution in [3.8, 4) is 5.75 Å². The molecular weight excluding hydrogens is 368 g/mol. The van der Waals surface area contributed by atoms with Crippen molar-refractivity contribution in [3.63, 3.8) is 0 Å². The van der Waals surface area contributed by atoms with Crippen LogP contribution < -0.4 is 4.74 Å². The van der Waals surface area contributed by atoms with Gasteiger partial charge in [0.05, 0.1) is 12.5 Å². The summed E-state index contributed by atoms with van der Waals surface area (Å²) in [5.74, 6) is 1.77. The molecule has 3 nitrogen and oxygen atoms in total. The van der Waals surface area contributed by atoms with Crippen LogP contribution in [-0.4, -0.2) is 23.9 Å². The molecule has 0 bridgehead atoms.